The van der Waals surface area contributed by atoms with E-state index in [1.807, 2.05) is 17.5 Å². The number of anilines is 1. The smallest absolute Gasteiger partial charge is 0.256 e. The van der Waals surface area contributed by atoms with E-state index < -0.39 is 17.5 Å². The lowest BCUT2D eigenvalue weighted by molar-refractivity contribution is -0.121. The van der Waals surface area contributed by atoms with E-state index in [2.05, 4.69) is 10.3 Å². The Kier molecular flexibility index (Phi) is 6.29. The van der Waals surface area contributed by atoms with Crippen molar-refractivity contribution in [1.82, 2.24) is 9.88 Å². The minimum Gasteiger partial charge on any atom is -0.339 e. The number of piperidine rings is 1. The zero-order valence-electron chi connectivity index (χ0n) is 16.3. The first-order chi connectivity index (χ1) is 14.9. The summed E-state index contributed by atoms with van der Waals surface area (Å²) in [7, 11) is 0. The molecular weight excluding hydrogens is 444 g/mol. The van der Waals surface area contributed by atoms with E-state index in [0.717, 1.165) is 23.4 Å². The van der Waals surface area contributed by atoms with Gasteiger partial charge in [0.15, 0.2) is 5.13 Å². The van der Waals surface area contributed by atoms with Crippen molar-refractivity contribution in [3.63, 3.8) is 0 Å². The van der Waals surface area contributed by atoms with Crippen molar-refractivity contribution in [3.05, 3.63) is 70.1 Å². The molecule has 0 radical (unpaired) electrons. The molecule has 0 aliphatic carbocycles. The van der Waals surface area contributed by atoms with Crippen LogP contribution in [-0.4, -0.2) is 34.8 Å². The van der Waals surface area contributed by atoms with Crippen LogP contribution >= 0.6 is 22.9 Å². The number of halogens is 3. The van der Waals surface area contributed by atoms with Crippen molar-refractivity contribution >= 4 is 39.9 Å². The number of carbonyl (C=O) groups excluding carboxylic acids is 2. The van der Waals surface area contributed by atoms with Gasteiger partial charge in [-0.3, -0.25) is 9.59 Å². The highest BCUT2D eigenvalue weighted by molar-refractivity contribution is 7.14. The number of thiazole rings is 1. The minimum atomic E-state index is -0.884. The van der Waals surface area contributed by atoms with Crippen LogP contribution in [0.25, 0.3) is 11.3 Å². The number of nitrogens with one attached hydrogen (secondary N) is 1. The number of hydrogen-bond donors (Lipinski definition) is 1. The summed E-state index contributed by atoms with van der Waals surface area (Å²) < 4.78 is 27.0. The van der Waals surface area contributed by atoms with Gasteiger partial charge in [0, 0.05) is 41.0 Å². The summed E-state index contributed by atoms with van der Waals surface area (Å²) >= 11 is 7.24. The standard InChI is InChI=1S/C22H18ClF2N3O2S/c23-15-3-1-13(2-4-15)19-12-31-22(26-19)27-20(29)14-7-9-28(10-8-14)21(30)17-6-5-16(24)11-18(17)25/h1-6,11-12,14H,7-10H2,(H,26,27,29). The highest BCUT2D eigenvalue weighted by Gasteiger charge is 2.29. The van der Waals surface area contributed by atoms with Crippen LogP contribution in [0.5, 0.6) is 0 Å². The van der Waals surface area contributed by atoms with Crippen LogP contribution in [0.4, 0.5) is 13.9 Å². The van der Waals surface area contributed by atoms with Crippen molar-refractivity contribution in [2.75, 3.05) is 18.4 Å². The minimum absolute atomic E-state index is 0.155. The van der Waals surface area contributed by atoms with E-state index in [4.69, 9.17) is 11.6 Å². The summed E-state index contributed by atoms with van der Waals surface area (Å²) in [6.45, 7) is 0.642. The lowest BCUT2D eigenvalue weighted by atomic mass is 9.95. The molecule has 1 fully saturated rings. The predicted octanol–water partition coefficient (Wildman–Crippen LogP) is 5.23. The normalized spacial score (nSPS) is 14.5. The molecule has 1 saturated heterocycles. The predicted molar refractivity (Wildman–Crippen MR) is 116 cm³/mol. The van der Waals surface area contributed by atoms with Gasteiger partial charge in [-0.15, -0.1) is 11.3 Å². The average molecular weight is 462 g/mol. The van der Waals surface area contributed by atoms with Gasteiger partial charge in [0.2, 0.25) is 5.91 Å². The van der Waals surface area contributed by atoms with Crippen LogP contribution in [-0.2, 0) is 4.79 Å². The lowest BCUT2D eigenvalue weighted by Gasteiger charge is -2.31. The Morgan fingerprint density at radius 3 is 2.48 bits per heavy atom. The Balaban J connectivity index is 1.33. The number of carbonyl (C=O) groups is 2. The van der Waals surface area contributed by atoms with E-state index in [0.29, 0.717) is 42.2 Å². The zero-order valence-corrected chi connectivity index (χ0v) is 17.9. The van der Waals surface area contributed by atoms with Crippen molar-refractivity contribution in [2.45, 2.75) is 12.8 Å². The Hall–Kier alpha value is -2.84. The molecule has 1 N–H and O–H groups in total. The van der Waals surface area contributed by atoms with Gasteiger partial charge in [-0.25, -0.2) is 13.8 Å². The number of likely N-dealkylation sites (tertiary alicyclic amines) is 1. The molecule has 9 heteroatoms. The molecule has 2 aromatic carbocycles. The maximum absolute atomic E-state index is 13.9. The Bertz CT molecular complexity index is 1110. The summed E-state index contributed by atoms with van der Waals surface area (Å²) in [5.41, 5.74) is 1.49. The van der Waals surface area contributed by atoms with Crippen molar-refractivity contribution in [1.29, 1.82) is 0 Å². The Morgan fingerprint density at radius 2 is 1.81 bits per heavy atom. The van der Waals surface area contributed by atoms with Crippen molar-refractivity contribution < 1.29 is 18.4 Å². The number of aromatic nitrogens is 1. The van der Waals surface area contributed by atoms with Crippen molar-refractivity contribution in [2.24, 2.45) is 5.92 Å². The molecule has 0 atom stereocenters. The molecule has 1 aromatic heterocycles. The fraction of sp³-hybridized carbons (Fsp3) is 0.227. The van der Waals surface area contributed by atoms with Crippen LogP contribution in [0.15, 0.2) is 47.8 Å². The fourth-order valence-corrected chi connectivity index (χ4v) is 4.32. The molecule has 3 aromatic rings. The third kappa shape index (κ3) is 4.91. The zero-order chi connectivity index (χ0) is 22.0. The third-order valence-electron chi connectivity index (χ3n) is 5.19. The van der Waals surface area contributed by atoms with Crippen molar-refractivity contribution in [3.8, 4) is 11.3 Å². The summed E-state index contributed by atoms with van der Waals surface area (Å²) in [6, 6.07) is 10.2. The first-order valence-corrected chi connectivity index (χ1v) is 10.9. The molecule has 0 saturated carbocycles. The summed E-state index contributed by atoms with van der Waals surface area (Å²) in [6.07, 6.45) is 0.908. The van der Waals surface area contributed by atoms with Gasteiger partial charge in [-0.1, -0.05) is 23.7 Å². The SMILES string of the molecule is O=C(Nc1nc(-c2ccc(Cl)cc2)cs1)C1CCN(C(=O)c2ccc(F)cc2F)CC1. The highest BCUT2D eigenvalue weighted by atomic mass is 35.5. The fourth-order valence-electron chi connectivity index (χ4n) is 3.47. The molecule has 31 heavy (non-hydrogen) atoms. The first-order valence-electron chi connectivity index (χ1n) is 9.67. The molecule has 160 valence electrons. The summed E-state index contributed by atoms with van der Waals surface area (Å²) in [5, 5.41) is 5.84. The third-order valence-corrected chi connectivity index (χ3v) is 6.20. The molecular formula is C22H18ClF2N3O2S. The molecule has 0 unspecified atom stereocenters. The maximum atomic E-state index is 13.9. The number of benzene rings is 2. The van der Waals surface area contributed by atoms with Crippen LogP contribution in [0.2, 0.25) is 5.02 Å². The second-order valence-electron chi connectivity index (χ2n) is 7.22. The highest BCUT2D eigenvalue weighted by Crippen LogP contribution is 2.27. The Morgan fingerprint density at radius 1 is 1.10 bits per heavy atom. The van der Waals surface area contributed by atoms with Gasteiger partial charge in [0.25, 0.3) is 5.91 Å². The quantitative estimate of drug-likeness (QED) is 0.578. The maximum Gasteiger partial charge on any atom is 0.256 e. The van der Waals surface area contributed by atoms with Crippen LogP contribution < -0.4 is 5.32 Å². The molecule has 2 heterocycles. The number of rotatable bonds is 4. The van der Waals surface area contributed by atoms with E-state index >= 15 is 0 Å². The molecule has 1 aliphatic rings. The number of hydrogen-bond acceptors (Lipinski definition) is 4. The molecule has 0 bridgehead atoms. The van der Waals surface area contributed by atoms with E-state index in [-0.39, 0.29) is 17.4 Å². The van der Waals surface area contributed by atoms with E-state index in [1.54, 1.807) is 12.1 Å². The largest absolute Gasteiger partial charge is 0.339 e. The van der Waals surface area contributed by atoms with Gasteiger partial charge in [-0.2, -0.15) is 0 Å². The van der Waals surface area contributed by atoms with Crippen LogP contribution in [0.1, 0.15) is 23.2 Å². The number of amides is 2. The molecule has 1 aliphatic heterocycles. The van der Waals surface area contributed by atoms with Gasteiger partial charge >= 0.3 is 0 Å². The van der Waals surface area contributed by atoms with Gasteiger partial charge in [0.1, 0.15) is 11.6 Å². The number of nitrogens with zero attached hydrogens (tertiary/aromatic N) is 2. The molecule has 5 nitrogen and oxygen atoms in total. The van der Waals surface area contributed by atoms with Crippen LogP contribution in [0, 0.1) is 17.6 Å². The van der Waals surface area contributed by atoms with Gasteiger partial charge in [0.05, 0.1) is 11.3 Å². The Labute approximate surface area is 186 Å². The second kappa shape index (κ2) is 9.11. The summed E-state index contributed by atoms with van der Waals surface area (Å²) in [4.78, 5) is 31.1. The van der Waals surface area contributed by atoms with Crippen LogP contribution in [0.3, 0.4) is 0 Å². The second-order valence-corrected chi connectivity index (χ2v) is 8.52. The van der Waals surface area contributed by atoms with E-state index in [1.165, 1.54) is 16.2 Å². The molecule has 0 spiro atoms. The summed E-state index contributed by atoms with van der Waals surface area (Å²) in [5.74, 6) is -2.54. The molecule has 2 amide bonds. The van der Waals surface area contributed by atoms with Gasteiger partial charge < -0.3 is 10.2 Å². The monoisotopic (exact) mass is 461 g/mol. The lowest BCUT2D eigenvalue weighted by Crippen LogP contribution is -2.41. The van der Waals surface area contributed by atoms with Gasteiger partial charge in [-0.05, 0) is 37.1 Å². The van der Waals surface area contributed by atoms with E-state index in [9.17, 15) is 18.4 Å². The first kappa shape index (κ1) is 21.4. The topological polar surface area (TPSA) is 62.3 Å². The molecule has 4 rings (SSSR count). The average Bonchev–Trinajstić information content (AvgIpc) is 3.22.